The molecule has 0 saturated heterocycles. The number of esters is 1. The summed E-state index contributed by atoms with van der Waals surface area (Å²) in [7, 11) is 0. The Morgan fingerprint density at radius 3 is 2.94 bits per heavy atom. The Hall–Kier alpha value is -2.11. The fourth-order valence-corrected chi connectivity index (χ4v) is 1.36. The summed E-state index contributed by atoms with van der Waals surface area (Å²) in [6.07, 6.45) is 2.51. The lowest BCUT2D eigenvalue weighted by Crippen LogP contribution is -2.12. The van der Waals surface area contributed by atoms with E-state index in [9.17, 15) is 9.59 Å². The summed E-state index contributed by atoms with van der Waals surface area (Å²) in [4.78, 5) is 26.1. The number of anilines is 1. The summed E-state index contributed by atoms with van der Waals surface area (Å²) in [5.74, 6) is -0.139. The molecule has 0 atom stereocenters. The van der Waals surface area contributed by atoms with Crippen molar-refractivity contribution in [3.8, 4) is 0 Å². The van der Waals surface area contributed by atoms with Gasteiger partial charge in [0.15, 0.2) is 0 Å². The third-order valence-electron chi connectivity index (χ3n) is 2.21. The molecule has 0 aliphatic rings. The molecule has 1 heterocycles. The van der Waals surface area contributed by atoms with E-state index < -0.39 is 5.91 Å². The first-order valence-electron chi connectivity index (χ1n) is 5.79. The lowest BCUT2D eigenvalue weighted by atomic mass is 10.2. The van der Waals surface area contributed by atoms with Gasteiger partial charge in [0, 0.05) is 24.7 Å². The molecule has 1 rings (SSSR count). The molecule has 0 radical (unpaired) electrons. The molecule has 6 nitrogen and oxygen atoms in total. The van der Waals surface area contributed by atoms with Crippen LogP contribution in [0, 0.1) is 0 Å². The van der Waals surface area contributed by atoms with Crippen molar-refractivity contribution in [2.75, 3.05) is 18.5 Å². The second-order valence-corrected chi connectivity index (χ2v) is 3.63. The van der Waals surface area contributed by atoms with Crippen LogP contribution >= 0.6 is 0 Å². The molecule has 0 spiro atoms. The van der Waals surface area contributed by atoms with Gasteiger partial charge in [0.05, 0.1) is 6.61 Å². The highest BCUT2D eigenvalue weighted by Gasteiger charge is 2.03. The number of aromatic nitrogens is 1. The number of pyridine rings is 1. The zero-order chi connectivity index (χ0) is 13.4. The van der Waals surface area contributed by atoms with Crippen molar-refractivity contribution in [3.63, 3.8) is 0 Å². The second-order valence-electron chi connectivity index (χ2n) is 3.63. The Balaban J connectivity index is 2.33. The smallest absolute Gasteiger partial charge is 0.305 e. The predicted molar refractivity (Wildman–Crippen MR) is 67.1 cm³/mol. The molecule has 98 valence electrons. The van der Waals surface area contributed by atoms with Crippen molar-refractivity contribution in [1.82, 2.24) is 4.98 Å². The highest BCUT2D eigenvalue weighted by molar-refractivity contribution is 5.93. The molecule has 0 bridgehead atoms. The Morgan fingerprint density at radius 2 is 2.28 bits per heavy atom. The standard InChI is InChI=1S/C12H17N3O3/c1-2-18-11(16)4-3-6-14-10-8-9(12(13)17)5-7-15-10/h5,7-8H,2-4,6H2,1H3,(H2,13,17)(H,14,15). The molecule has 0 aliphatic carbocycles. The first kappa shape index (κ1) is 14.0. The number of hydrogen-bond donors (Lipinski definition) is 2. The molecule has 18 heavy (non-hydrogen) atoms. The van der Waals surface area contributed by atoms with E-state index in [1.165, 1.54) is 6.20 Å². The van der Waals surface area contributed by atoms with Gasteiger partial charge >= 0.3 is 5.97 Å². The normalized spacial score (nSPS) is 9.83. The third-order valence-corrected chi connectivity index (χ3v) is 2.21. The summed E-state index contributed by atoms with van der Waals surface area (Å²) in [6.45, 7) is 2.75. The molecule has 1 amide bonds. The lowest BCUT2D eigenvalue weighted by Gasteiger charge is -2.06. The summed E-state index contributed by atoms with van der Waals surface area (Å²) in [5, 5.41) is 3.01. The molecule has 0 saturated carbocycles. The topological polar surface area (TPSA) is 94.3 Å². The van der Waals surface area contributed by atoms with E-state index in [1.807, 2.05) is 0 Å². The fraction of sp³-hybridized carbons (Fsp3) is 0.417. The van der Waals surface area contributed by atoms with Gasteiger partial charge in [0.25, 0.3) is 0 Å². The van der Waals surface area contributed by atoms with Crippen LogP contribution < -0.4 is 11.1 Å². The monoisotopic (exact) mass is 251 g/mol. The van der Waals surface area contributed by atoms with E-state index in [1.54, 1.807) is 19.1 Å². The Labute approximate surface area is 106 Å². The maximum Gasteiger partial charge on any atom is 0.305 e. The SMILES string of the molecule is CCOC(=O)CCCNc1cc(C(N)=O)ccn1. The number of nitrogens with zero attached hydrogens (tertiary/aromatic N) is 1. The third kappa shape index (κ3) is 4.82. The number of rotatable bonds is 7. The van der Waals surface area contributed by atoms with Gasteiger partial charge in [-0.3, -0.25) is 9.59 Å². The molecule has 0 unspecified atom stereocenters. The van der Waals surface area contributed by atoms with Crippen LogP contribution in [0.4, 0.5) is 5.82 Å². The minimum atomic E-state index is -0.494. The van der Waals surface area contributed by atoms with Gasteiger partial charge in [-0.25, -0.2) is 4.98 Å². The van der Waals surface area contributed by atoms with Crippen LogP contribution in [0.1, 0.15) is 30.1 Å². The van der Waals surface area contributed by atoms with Gasteiger partial charge in [0.2, 0.25) is 5.91 Å². The van der Waals surface area contributed by atoms with Crippen LogP contribution in [0.3, 0.4) is 0 Å². The quantitative estimate of drug-likeness (QED) is 0.555. The van der Waals surface area contributed by atoms with Gasteiger partial charge in [-0.2, -0.15) is 0 Å². The lowest BCUT2D eigenvalue weighted by molar-refractivity contribution is -0.143. The molecule has 6 heteroatoms. The van der Waals surface area contributed by atoms with Crippen LogP contribution in [0.15, 0.2) is 18.3 Å². The number of carbonyl (C=O) groups excluding carboxylic acids is 2. The van der Waals surface area contributed by atoms with E-state index in [0.29, 0.717) is 37.4 Å². The average molecular weight is 251 g/mol. The summed E-state index contributed by atoms with van der Waals surface area (Å²) >= 11 is 0. The van der Waals surface area contributed by atoms with Crippen molar-refractivity contribution in [2.24, 2.45) is 5.73 Å². The van der Waals surface area contributed by atoms with Crippen LogP contribution in [-0.2, 0) is 9.53 Å². The van der Waals surface area contributed by atoms with Gasteiger partial charge in [-0.1, -0.05) is 0 Å². The van der Waals surface area contributed by atoms with E-state index in [-0.39, 0.29) is 5.97 Å². The van der Waals surface area contributed by atoms with E-state index in [4.69, 9.17) is 10.5 Å². The van der Waals surface area contributed by atoms with Gasteiger partial charge in [-0.15, -0.1) is 0 Å². The van der Waals surface area contributed by atoms with Crippen molar-refractivity contribution in [3.05, 3.63) is 23.9 Å². The highest BCUT2D eigenvalue weighted by Crippen LogP contribution is 2.06. The van der Waals surface area contributed by atoms with Crippen LogP contribution in [0.5, 0.6) is 0 Å². The summed E-state index contributed by atoms with van der Waals surface area (Å²) in [6, 6.07) is 3.12. The molecular formula is C12H17N3O3. The van der Waals surface area contributed by atoms with Crippen molar-refractivity contribution < 1.29 is 14.3 Å². The number of carbonyl (C=O) groups is 2. The Kier molecular flexibility index (Phi) is 5.63. The number of nitrogens with two attached hydrogens (primary N) is 1. The maximum atomic E-state index is 11.1. The Morgan fingerprint density at radius 1 is 1.50 bits per heavy atom. The van der Waals surface area contributed by atoms with Gasteiger partial charge < -0.3 is 15.8 Å². The molecule has 0 fully saturated rings. The molecular weight excluding hydrogens is 234 g/mol. The summed E-state index contributed by atoms with van der Waals surface area (Å²) < 4.78 is 4.80. The van der Waals surface area contributed by atoms with E-state index >= 15 is 0 Å². The number of ether oxygens (including phenoxy) is 1. The minimum absolute atomic E-state index is 0.210. The van der Waals surface area contributed by atoms with Crippen LogP contribution in [0.2, 0.25) is 0 Å². The zero-order valence-corrected chi connectivity index (χ0v) is 10.3. The molecule has 1 aromatic heterocycles. The van der Waals surface area contributed by atoms with E-state index in [2.05, 4.69) is 10.3 Å². The number of nitrogens with one attached hydrogen (secondary N) is 1. The average Bonchev–Trinajstić information content (AvgIpc) is 2.35. The van der Waals surface area contributed by atoms with E-state index in [0.717, 1.165) is 0 Å². The molecule has 0 aliphatic heterocycles. The van der Waals surface area contributed by atoms with Crippen molar-refractivity contribution in [1.29, 1.82) is 0 Å². The van der Waals surface area contributed by atoms with Crippen LogP contribution in [-0.4, -0.2) is 30.0 Å². The first-order valence-corrected chi connectivity index (χ1v) is 5.79. The maximum absolute atomic E-state index is 11.1. The number of primary amides is 1. The van der Waals surface area contributed by atoms with Crippen molar-refractivity contribution in [2.45, 2.75) is 19.8 Å². The minimum Gasteiger partial charge on any atom is -0.466 e. The zero-order valence-electron chi connectivity index (χ0n) is 10.3. The Bertz CT molecular complexity index is 421. The second kappa shape index (κ2) is 7.26. The molecule has 1 aromatic rings. The summed E-state index contributed by atoms with van der Waals surface area (Å²) in [5.41, 5.74) is 5.56. The van der Waals surface area contributed by atoms with Gasteiger partial charge in [0.1, 0.15) is 5.82 Å². The van der Waals surface area contributed by atoms with Gasteiger partial charge in [-0.05, 0) is 25.5 Å². The van der Waals surface area contributed by atoms with Crippen molar-refractivity contribution >= 4 is 17.7 Å². The fourth-order valence-electron chi connectivity index (χ4n) is 1.36. The largest absolute Gasteiger partial charge is 0.466 e. The number of hydrogen-bond acceptors (Lipinski definition) is 5. The highest BCUT2D eigenvalue weighted by atomic mass is 16.5. The predicted octanol–water partition coefficient (Wildman–Crippen LogP) is 0.936. The van der Waals surface area contributed by atoms with Crippen LogP contribution in [0.25, 0.3) is 0 Å². The molecule has 0 aromatic carbocycles. The first-order chi connectivity index (χ1) is 8.63. The number of amides is 1. The molecule has 3 N–H and O–H groups in total.